The molecule has 2 amide bonds. The molecule has 1 atom stereocenters. The van der Waals surface area contributed by atoms with Crippen LogP contribution in [0.5, 0.6) is 0 Å². The Kier molecular flexibility index (Phi) is 4.77. The molecule has 3 N–H and O–H groups in total. The predicted molar refractivity (Wildman–Crippen MR) is 83.3 cm³/mol. The quantitative estimate of drug-likeness (QED) is 0.841. The van der Waals surface area contributed by atoms with Crippen molar-refractivity contribution in [3.05, 3.63) is 30.2 Å². The molecule has 24 heavy (non-hydrogen) atoms. The Hall–Kier alpha value is -3.04. The fourth-order valence-electron chi connectivity index (χ4n) is 1.70. The third-order valence-electron chi connectivity index (χ3n) is 2.76. The van der Waals surface area contributed by atoms with Gasteiger partial charge in [0.1, 0.15) is 17.6 Å². The van der Waals surface area contributed by atoms with E-state index < -0.39 is 23.6 Å². The average molecular weight is 333 g/mol. The molecule has 2 aromatic heterocycles. The summed E-state index contributed by atoms with van der Waals surface area (Å²) in [6.07, 6.45) is 3.47. The molecule has 0 aromatic carbocycles. The third-order valence-corrected chi connectivity index (χ3v) is 2.76. The summed E-state index contributed by atoms with van der Waals surface area (Å²) in [6.45, 7) is 7.06. The highest BCUT2D eigenvalue weighted by atomic mass is 16.6. The van der Waals surface area contributed by atoms with E-state index in [-0.39, 0.29) is 5.69 Å². The lowest BCUT2D eigenvalue weighted by molar-refractivity contribution is 0.0505. The predicted octanol–water partition coefficient (Wildman–Crippen LogP) is 0.742. The first-order valence-electron chi connectivity index (χ1n) is 7.19. The fourth-order valence-corrected chi connectivity index (χ4v) is 1.70. The zero-order valence-corrected chi connectivity index (χ0v) is 13.8. The average Bonchev–Trinajstić information content (AvgIpc) is 2.95. The minimum atomic E-state index is -0.663. The van der Waals surface area contributed by atoms with Crippen molar-refractivity contribution in [2.24, 2.45) is 5.73 Å². The van der Waals surface area contributed by atoms with Gasteiger partial charge in [0.05, 0.1) is 18.4 Å². The molecule has 0 spiro atoms. The van der Waals surface area contributed by atoms with Crippen molar-refractivity contribution in [2.75, 3.05) is 0 Å². The van der Waals surface area contributed by atoms with Gasteiger partial charge in [-0.25, -0.2) is 24.4 Å². The molecule has 2 aromatic rings. The van der Waals surface area contributed by atoms with Crippen molar-refractivity contribution in [3.63, 3.8) is 0 Å². The van der Waals surface area contributed by atoms with E-state index in [0.717, 1.165) is 0 Å². The molecule has 0 aliphatic heterocycles. The lowest BCUT2D eigenvalue weighted by atomic mass is 10.2. The highest BCUT2D eigenvalue weighted by Gasteiger charge is 2.20. The van der Waals surface area contributed by atoms with Crippen LogP contribution in [0.2, 0.25) is 0 Å². The van der Waals surface area contributed by atoms with Crippen LogP contribution in [0.15, 0.2) is 18.7 Å². The molecule has 0 radical (unpaired) electrons. The largest absolute Gasteiger partial charge is 0.444 e. The van der Waals surface area contributed by atoms with Gasteiger partial charge in [0.2, 0.25) is 0 Å². The van der Waals surface area contributed by atoms with Gasteiger partial charge in [0, 0.05) is 0 Å². The van der Waals surface area contributed by atoms with E-state index in [2.05, 4.69) is 25.4 Å². The first-order chi connectivity index (χ1) is 11.2. The first kappa shape index (κ1) is 17.3. The Morgan fingerprint density at radius 3 is 2.50 bits per heavy atom. The van der Waals surface area contributed by atoms with Crippen LogP contribution in [0.1, 0.15) is 50.0 Å². The normalized spacial score (nSPS) is 12.5. The van der Waals surface area contributed by atoms with E-state index in [9.17, 15) is 9.59 Å². The van der Waals surface area contributed by atoms with E-state index in [1.807, 2.05) is 0 Å². The number of nitrogens with zero attached hydrogens (tertiary/aromatic N) is 5. The topological polar surface area (TPSA) is 138 Å². The van der Waals surface area contributed by atoms with Gasteiger partial charge in [-0.1, -0.05) is 0 Å². The lowest BCUT2D eigenvalue weighted by Gasteiger charge is -2.21. The summed E-state index contributed by atoms with van der Waals surface area (Å²) in [7, 11) is 0. The minimum absolute atomic E-state index is 0.0547. The van der Waals surface area contributed by atoms with Crippen LogP contribution in [0.4, 0.5) is 4.79 Å². The zero-order chi connectivity index (χ0) is 17.9. The summed E-state index contributed by atoms with van der Waals surface area (Å²) in [5.41, 5.74) is 4.57. The molecule has 128 valence electrons. The van der Waals surface area contributed by atoms with Gasteiger partial charge in [0.25, 0.3) is 5.91 Å². The Morgan fingerprint density at radius 1 is 1.25 bits per heavy atom. The number of hydrogen-bond acceptors (Lipinski definition) is 7. The lowest BCUT2D eigenvalue weighted by Crippen LogP contribution is -2.34. The van der Waals surface area contributed by atoms with Gasteiger partial charge in [0.15, 0.2) is 11.6 Å². The van der Waals surface area contributed by atoms with Crippen molar-refractivity contribution in [2.45, 2.75) is 39.3 Å². The molecule has 2 heterocycles. The van der Waals surface area contributed by atoms with Crippen molar-refractivity contribution in [1.82, 2.24) is 30.0 Å². The highest BCUT2D eigenvalue weighted by molar-refractivity contribution is 5.90. The standard InChI is InChI=1S/C14H19N7O3/c1-8(19-13(23)24-14(2,3)4)12-18-7-21(20-12)10-6-16-9(5-17-10)11(15)22/h5-8H,1-4H3,(H2,15,22)(H,19,23)/t8-/m0/s1. The van der Waals surface area contributed by atoms with Crippen LogP contribution >= 0.6 is 0 Å². The maximum atomic E-state index is 11.8. The van der Waals surface area contributed by atoms with Crippen LogP contribution in [0, 0.1) is 0 Å². The summed E-state index contributed by atoms with van der Waals surface area (Å²) in [4.78, 5) is 34.8. The van der Waals surface area contributed by atoms with E-state index in [4.69, 9.17) is 10.5 Å². The van der Waals surface area contributed by atoms with Crippen molar-refractivity contribution in [1.29, 1.82) is 0 Å². The molecule has 0 aliphatic carbocycles. The SMILES string of the molecule is C[C@H](NC(=O)OC(C)(C)C)c1ncn(-c2cnc(C(N)=O)cn2)n1. The summed E-state index contributed by atoms with van der Waals surface area (Å²) in [5, 5.41) is 6.87. The zero-order valence-electron chi connectivity index (χ0n) is 13.8. The molecular weight excluding hydrogens is 314 g/mol. The van der Waals surface area contributed by atoms with E-state index in [0.29, 0.717) is 11.6 Å². The Labute approximate surface area is 138 Å². The van der Waals surface area contributed by atoms with Crippen LogP contribution < -0.4 is 11.1 Å². The molecule has 10 heteroatoms. The van der Waals surface area contributed by atoms with Gasteiger partial charge < -0.3 is 15.8 Å². The van der Waals surface area contributed by atoms with Gasteiger partial charge >= 0.3 is 6.09 Å². The maximum Gasteiger partial charge on any atom is 0.408 e. The smallest absolute Gasteiger partial charge is 0.408 e. The van der Waals surface area contributed by atoms with Gasteiger partial charge in [-0.2, -0.15) is 0 Å². The van der Waals surface area contributed by atoms with Crippen molar-refractivity contribution < 1.29 is 14.3 Å². The summed E-state index contributed by atoms with van der Waals surface area (Å²) in [5.74, 6) is 0.0772. The highest BCUT2D eigenvalue weighted by Crippen LogP contribution is 2.11. The molecule has 0 aliphatic rings. The number of amides is 2. The minimum Gasteiger partial charge on any atom is -0.444 e. The number of hydrogen-bond donors (Lipinski definition) is 2. The number of ether oxygens (including phenoxy) is 1. The molecule has 2 rings (SSSR count). The molecule has 0 bridgehead atoms. The number of carbonyl (C=O) groups excluding carboxylic acids is 2. The Balaban J connectivity index is 2.06. The second-order valence-corrected chi connectivity index (χ2v) is 6.04. The second kappa shape index (κ2) is 6.60. The van der Waals surface area contributed by atoms with Crippen LogP contribution in [-0.4, -0.2) is 42.3 Å². The number of alkyl carbamates (subject to hydrolysis) is 1. The molecule has 0 saturated heterocycles. The summed E-state index contributed by atoms with van der Waals surface area (Å²) < 4.78 is 6.55. The van der Waals surface area contributed by atoms with Gasteiger partial charge in [-0.05, 0) is 27.7 Å². The summed E-state index contributed by atoms with van der Waals surface area (Å²) >= 11 is 0. The number of nitrogens with two attached hydrogens (primary N) is 1. The number of primary amides is 1. The Morgan fingerprint density at radius 2 is 1.96 bits per heavy atom. The van der Waals surface area contributed by atoms with Crippen LogP contribution in [-0.2, 0) is 4.74 Å². The first-order valence-corrected chi connectivity index (χ1v) is 7.19. The molecule has 0 fully saturated rings. The fraction of sp³-hybridized carbons (Fsp3) is 0.429. The number of aromatic nitrogens is 5. The number of nitrogens with one attached hydrogen (secondary N) is 1. The second-order valence-electron chi connectivity index (χ2n) is 6.04. The van der Waals surface area contributed by atoms with E-state index in [1.54, 1.807) is 27.7 Å². The van der Waals surface area contributed by atoms with Gasteiger partial charge in [-0.15, -0.1) is 5.10 Å². The van der Waals surface area contributed by atoms with Crippen molar-refractivity contribution >= 4 is 12.0 Å². The Bertz CT molecular complexity index is 734. The van der Waals surface area contributed by atoms with Crippen LogP contribution in [0.3, 0.4) is 0 Å². The van der Waals surface area contributed by atoms with E-state index in [1.165, 1.54) is 23.4 Å². The molecule has 0 unspecified atom stereocenters. The maximum absolute atomic E-state index is 11.8. The number of rotatable bonds is 4. The van der Waals surface area contributed by atoms with Crippen molar-refractivity contribution in [3.8, 4) is 5.82 Å². The van der Waals surface area contributed by atoms with Gasteiger partial charge in [-0.3, -0.25) is 4.79 Å². The van der Waals surface area contributed by atoms with Crippen LogP contribution in [0.25, 0.3) is 5.82 Å². The summed E-state index contributed by atoms with van der Waals surface area (Å²) in [6, 6.07) is -0.459. The molecular formula is C14H19N7O3. The third kappa shape index (κ3) is 4.48. The molecule has 0 saturated carbocycles. The monoisotopic (exact) mass is 333 g/mol. The molecule has 10 nitrogen and oxygen atoms in total. The number of carbonyl (C=O) groups is 2. The van der Waals surface area contributed by atoms with E-state index >= 15 is 0 Å².